The fraction of sp³-hybridized carbons (Fsp3) is 0.667. The summed E-state index contributed by atoms with van der Waals surface area (Å²) in [5.74, 6) is -1.16. The molecule has 0 aromatic carbocycles. The van der Waals surface area contributed by atoms with E-state index in [0.717, 1.165) is 0 Å². The predicted octanol–water partition coefficient (Wildman–Crippen LogP) is -0.375. The fourth-order valence-electron chi connectivity index (χ4n) is 0.829. The molecule has 1 rings (SSSR count). The predicted molar refractivity (Wildman–Crippen MR) is 34.5 cm³/mol. The Hall–Kier alpha value is -1.10. The Labute approximate surface area is 63.5 Å². The summed E-state index contributed by atoms with van der Waals surface area (Å²) in [5.41, 5.74) is 0. The third kappa shape index (κ3) is 2.55. The van der Waals surface area contributed by atoms with E-state index in [1.165, 1.54) is 5.06 Å². The number of hydroxylamine groups is 2. The summed E-state index contributed by atoms with van der Waals surface area (Å²) in [6, 6.07) is 0. The number of carboxylic acids is 1. The molecule has 1 N–H and O–H groups in total. The Bertz CT molecular complexity index is 179. The molecule has 0 aromatic heterocycles. The summed E-state index contributed by atoms with van der Waals surface area (Å²) in [6.07, 6.45) is 0.368. The standard InChI is InChI=1S/C6H9NO4/c8-5(9)1-3-7-4-2-6(10)11-7/h1-4H2,(H,8,9). The van der Waals surface area contributed by atoms with Crippen LogP contribution in [0.3, 0.4) is 0 Å². The molecule has 1 aliphatic heterocycles. The minimum absolute atomic E-state index is 0.00722. The Morgan fingerprint density at radius 1 is 1.73 bits per heavy atom. The van der Waals surface area contributed by atoms with Crippen LogP contribution < -0.4 is 0 Å². The van der Waals surface area contributed by atoms with Crippen molar-refractivity contribution in [2.24, 2.45) is 0 Å². The molecule has 0 saturated carbocycles. The fourth-order valence-corrected chi connectivity index (χ4v) is 0.829. The first-order valence-electron chi connectivity index (χ1n) is 3.36. The molecule has 5 nitrogen and oxygen atoms in total. The highest BCUT2D eigenvalue weighted by Crippen LogP contribution is 2.05. The number of nitrogens with zero attached hydrogens (tertiary/aromatic N) is 1. The Morgan fingerprint density at radius 2 is 2.45 bits per heavy atom. The van der Waals surface area contributed by atoms with Crippen LogP contribution in [0.5, 0.6) is 0 Å². The molecule has 0 aromatic rings. The van der Waals surface area contributed by atoms with Gasteiger partial charge in [0.2, 0.25) is 0 Å². The Balaban J connectivity index is 2.18. The quantitative estimate of drug-likeness (QED) is 0.608. The van der Waals surface area contributed by atoms with Gasteiger partial charge in [-0.05, 0) is 0 Å². The van der Waals surface area contributed by atoms with Crippen molar-refractivity contribution in [2.45, 2.75) is 12.8 Å². The van der Waals surface area contributed by atoms with Gasteiger partial charge in [-0.1, -0.05) is 0 Å². The minimum atomic E-state index is -0.882. The van der Waals surface area contributed by atoms with E-state index in [1.54, 1.807) is 0 Å². The van der Waals surface area contributed by atoms with Gasteiger partial charge >= 0.3 is 11.9 Å². The van der Waals surface area contributed by atoms with E-state index in [0.29, 0.717) is 13.0 Å². The normalized spacial score (nSPS) is 18.4. The highest BCUT2D eigenvalue weighted by atomic mass is 16.7. The largest absolute Gasteiger partial charge is 0.481 e. The van der Waals surface area contributed by atoms with E-state index >= 15 is 0 Å². The van der Waals surface area contributed by atoms with E-state index in [9.17, 15) is 9.59 Å². The van der Waals surface area contributed by atoms with Gasteiger partial charge in [-0.3, -0.25) is 9.59 Å². The second-order valence-corrected chi connectivity index (χ2v) is 2.29. The number of hydrogen-bond acceptors (Lipinski definition) is 4. The molecular weight excluding hydrogens is 150 g/mol. The first-order valence-corrected chi connectivity index (χ1v) is 3.36. The smallest absolute Gasteiger partial charge is 0.326 e. The Kier molecular flexibility index (Phi) is 2.43. The average molecular weight is 159 g/mol. The second kappa shape index (κ2) is 3.34. The van der Waals surface area contributed by atoms with Gasteiger partial charge in [0.15, 0.2) is 0 Å². The van der Waals surface area contributed by atoms with Crippen LogP contribution in [-0.4, -0.2) is 35.2 Å². The zero-order valence-corrected chi connectivity index (χ0v) is 5.95. The average Bonchev–Trinajstić information content (AvgIpc) is 2.31. The highest BCUT2D eigenvalue weighted by molar-refractivity contribution is 5.71. The van der Waals surface area contributed by atoms with Gasteiger partial charge in [0, 0.05) is 13.1 Å². The lowest BCUT2D eigenvalue weighted by atomic mass is 10.4. The third-order valence-electron chi connectivity index (χ3n) is 1.37. The van der Waals surface area contributed by atoms with Gasteiger partial charge in [0.25, 0.3) is 0 Å². The van der Waals surface area contributed by atoms with Crippen LogP contribution in [-0.2, 0) is 14.4 Å². The molecule has 11 heavy (non-hydrogen) atoms. The molecule has 0 bridgehead atoms. The highest BCUT2D eigenvalue weighted by Gasteiger charge is 2.20. The molecule has 0 atom stereocenters. The third-order valence-corrected chi connectivity index (χ3v) is 1.37. The van der Waals surface area contributed by atoms with E-state index < -0.39 is 5.97 Å². The topological polar surface area (TPSA) is 66.8 Å². The maximum Gasteiger partial charge on any atom is 0.326 e. The maximum absolute atomic E-state index is 10.5. The van der Waals surface area contributed by atoms with E-state index in [2.05, 4.69) is 4.84 Å². The first kappa shape index (κ1) is 8.00. The van der Waals surface area contributed by atoms with Crippen molar-refractivity contribution >= 4 is 11.9 Å². The number of carbonyl (C=O) groups is 2. The van der Waals surface area contributed by atoms with Crippen molar-refractivity contribution in [3.8, 4) is 0 Å². The zero-order chi connectivity index (χ0) is 8.27. The van der Waals surface area contributed by atoms with Gasteiger partial charge < -0.3 is 9.94 Å². The van der Waals surface area contributed by atoms with Crippen LogP contribution in [0.2, 0.25) is 0 Å². The molecule has 0 aliphatic carbocycles. The SMILES string of the molecule is O=C(O)CCN1CCC(=O)O1. The van der Waals surface area contributed by atoms with E-state index in [1.807, 2.05) is 0 Å². The van der Waals surface area contributed by atoms with Crippen molar-refractivity contribution in [2.75, 3.05) is 13.1 Å². The van der Waals surface area contributed by atoms with Crippen LogP contribution >= 0.6 is 0 Å². The number of carboxylic acid groups (broad SMARTS) is 1. The van der Waals surface area contributed by atoms with Crippen LogP contribution in [0.1, 0.15) is 12.8 Å². The molecule has 0 amide bonds. The monoisotopic (exact) mass is 159 g/mol. The van der Waals surface area contributed by atoms with Gasteiger partial charge in [-0.25, -0.2) is 0 Å². The minimum Gasteiger partial charge on any atom is -0.481 e. The van der Waals surface area contributed by atoms with Crippen molar-refractivity contribution in [1.82, 2.24) is 5.06 Å². The summed E-state index contributed by atoms with van der Waals surface area (Å²) in [6.45, 7) is 0.785. The summed E-state index contributed by atoms with van der Waals surface area (Å²) in [5, 5.41) is 9.64. The molecule has 1 fully saturated rings. The molecule has 0 radical (unpaired) electrons. The molecule has 0 spiro atoms. The maximum atomic E-state index is 10.5. The van der Waals surface area contributed by atoms with Crippen LogP contribution in [0.4, 0.5) is 0 Å². The molecule has 0 unspecified atom stereocenters. The molecule has 62 valence electrons. The lowest BCUT2D eigenvalue weighted by molar-refractivity contribution is -0.171. The van der Waals surface area contributed by atoms with Crippen molar-refractivity contribution in [3.05, 3.63) is 0 Å². The molecule has 1 aliphatic rings. The first-order chi connectivity index (χ1) is 5.18. The van der Waals surface area contributed by atoms with Crippen molar-refractivity contribution in [3.63, 3.8) is 0 Å². The summed E-state index contributed by atoms with van der Waals surface area (Å²) >= 11 is 0. The van der Waals surface area contributed by atoms with E-state index in [-0.39, 0.29) is 18.9 Å². The summed E-state index contributed by atoms with van der Waals surface area (Å²) < 4.78 is 0. The van der Waals surface area contributed by atoms with E-state index in [4.69, 9.17) is 5.11 Å². The van der Waals surface area contributed by atoms with Crippen LogP contribution in [0.25, 0.3) is 0 Å². The summed E-state index contributed by atoms with van der Waals surface area (Å²) in [4.78, 5) is 25.2. The second-order valence-electron chi connectivity index (χ2n) is 2.29. The van der Waals surface area contributed by atoms with Gasteiger partial charge in [-0.2, -0.15) is 0 Å². The van der Waals surface area contributed by atoms with Gasteiger partial charge in [0.1, 0.15) is 0 Å². The zero-order valence-electron chi connectivity index (χ0n) is 5.95. The molecule has 5 heteroatoms. The Morgan fingerprint density at radius 3 is 2.91 bits per heavy atom. The van der Waals surface area contributed by atoms with Crippen molar-refractivity contribution in [1.29, 1.82) is 0 Å². The van der Waals surface area contributed by atoms with Gasteiger partial charge in [-0.15, -0.1) is 5.06 Å². The van der Waals surface area contributed by atoms with Crippen molar-refractivity contribution < 1.29 is 19.5 Å². The number of carbonyl (C=O) groups excluding carboxylic acids is 1. The number of aliphatic carboxylic acids is 1. The summed E-state index contributed by atoms with van der Waals surface area (Å²) in [7, 11) is 0. The van der Waals surface area contributed by atoms with Gasteiger partial charge in [0.05, 0.1) is 12.8 Å². The van der Waals surface area contributed by atoms with Crippen LogP contribution in [0, 0.1) is 0 Å². The lowest BCUT2D eigenvalue weighted by Crippen LogP contribution is -2.21. The molecule has 1 saturated heterocycles. The van der Waals surface area contributed by atoms with Crippen LogP contribution in [0.15, 0.2) is 0 Å². The molecular formula is C6H9NO4. The lowest BCUT2D eigenvalue weighted by Gasteiger charge is -2.09. The molecule has 1 heterocycles. The number of hydrogen-bond donors (Lipinski definition) is 1. The number of rotatable bonds is 3.